The Hall–Kier alpha value is -1.96. The van der Waals surface area contributed by atoms with E-state index in [0.29, 0.717) is 0 Å². The molecule has 136 valence electrons. The van der Waals surface area contributed by atoms with E-state index in [1.54, 1.807) is 12.1 Å². The van der Waals surface area contributed by atoms with Gasteiger partial charge in [-0.15, -0.1) is 0 Å². The van der Waals surface area contributed by atoms with Crippen molar-refractivity contribution in [3.05, 3.63) is 96.1 Å². The van der Waals surface area contributed by atoms with Crippen LogP contribution in [0.1, 0.15) is 23.6 Å². The average Bonchev–Trinajstić information content (AvgIpc) is 3.14. The fourth-order valence-corrected chi connectivity index (χ4v) is 3.72. The minimum absolute atomic E-state index is 0. The monoisotopic (exact) mass is 400 g/mol. The average molecular weight is 400 g/mol. The number of hydrazone groups is 1. The molecule has 1 unspecified atom stereocenters. The van der Waals surface area contributed by atoms with E-state index in [2.05, 4.69) is 12.1 Å². The molecule has 0 aliphatic carbocycles. The third kappa shape index (κ3) is 4.37. The van der Waals surface area contributed by atoms with Gasteiger partial charge in [-0.1, -0.05) is 60.7 Å². The molecule has 0 fully saturated rings. The van der Waals surface area contributed by atoms with E-state index in [-0.39, 0.29) is 40.5 Å². The van der Waals surface area contributed by atoms with E-state index in [1.807, 2.05) is 53.5 Å². The van der Waals surface area contributed by atoms with Gasteiger partial charge in [-0.25, -0.2) is 8.42 Å². The van der Waals surface area contributed by atoms with Gasteiger partial charge in [0, 0.05) is 6.42 Å². The second-order valence-corrected chi connectivity index (χ2v) is 7.72. The van der Waals surface area contributed by atoms with Crippen molar-refractivity contribution in [3.63, 3.8) is 0 Å². The van der Waals surface area contributed by atoms with E-state index in [0.717, 1.165) is 28.9 Å². The summed E-state index contributed by atoms with van der Waals surface area (Å²) in [5.74, 6) is 0. The third-order valence-electron chi connectivity index (χ3n) is 4.59. The Morgan fingerprint density at radius 3 is 2.00 bits per heavy atom. The maximum Gasteiger partial charge on any atom is 1.00 e. The topological polar surface area (TPSA) is 72.8 Å². The van der Waals surface area contributed by atoms with Crippen LogP contribution in [-0.4, -0.2) is 18.7 Å². The van der Waals surface area contributed by atoms with Gasteiger partial charge in [-0.2, -0.15) is 5.10 Å². The summed E-state index contributed by atoms with van der Waals surface area (Å²) >= 11 is 0. The first kappa shape index (κ1) is 20.8. The summed E-state index contributed by atoms with van der Waals surface area (Å²) < 4.78 is 33.6. The Morgan fingerprint density at radius 1 is 0.857 bits per heavy atom. The Labute approximate surface area is 186 Å². The summed E-state index contributed by atoms with van der Waals surface area (Å²) in [6, 6.07) is 25.9. The van der Waals surface area contributed by atoms with E-state index in [1.165, 1.54) is 12.1 Å². The molecule has 0 aromatic heterocycles. The van der Waals surface area contributed by atoms with Crippen molar-refractivity contribution in [2.24, 2.45) is 5.10 Å². The van der Waals surface area contributed by atoms with E-state index in [4.69, 9.17) is 5.10 Å². The third-order valence-corrected chi connectivity index (χ3v) is 5.44. The molecule has 7 heteroatoms. The summed E-state index contributed by atoms with van der Waals surface area (Å²) in [6.07, 6.45) is 0.732. The normalized spacial score (nSPS) is 16.4. The predicted molar refractivity (Wildman–Crippen MR) is 104 cm³/mol. The summed E-state index contributed by atoms with van der Waals surface area (Å²) in [5, 5.41) is 6.69. The van der Waals surface area contributed by atoms with Gasteiger partial charge < -0.3 is 4.55 Å². The van der Waals surface area contributed by atoms with Gasteiger partial charge in [0.05, 0.1) is 22.3 Å². The number of rotatable bonds is 4. The number of benzene rings is 3. The molecule has 4 rings (SSSR count). The van der Waals surface area contributed by atoms with Crippen LogP contribution in [0.3, 0.4) is 0 Å². The van der Waals surface area contributed by atoms with Gasteiger partial charge in [0.15, 0.2) is 0 Å². The minimum atomic E-state index is -4.47. The second kappa shape index (κ2) is 8.59. The summed E-state index contributed by atoms with van der Waals surface area (Å²) in [4.78, 5) is -0.242. The molecule has 1 atom stereocenters. The van der Waals surface area contributed by atoms with Crippen LogP contribution in [0, 0.1) is 0 Å². The van der Waals surface area contributed by atoms with Crippen molar-refractivity contribution in [2.45, 2.75) is 17.4 Å². The van der Waals surface area contributed by atoms with Crippen molar-refractivity contribution in [2.75, 3.05) is 5.01 Å². The zero-order chi connectivity index (χ0) is 18.9. The van der Waals surface area contributed by atoms with Gasteiger partial charge in [0.25, 0.3) is 0 Å². The quantitative estimate of drug-likeness (QED) is 0.483. The standard InChI is InChI=1S/C21H18N2O3S.Na/c24-27(25,26)19-13-11-18(12-14-19)23-21(17-9-5-2-6-10-17)15-20(22-23)16-7-3-1-4-8-16;/h1-14,21H,15H2,(H,24,25,26);/q;+1/p-1. The van der Waals surface area contributed by atoms with Crippen molar-refractivity contribution in [1.82, 2.24) is 0 Å². The fraction of sp³-hybridized carbons (Fsp3) is 0.0952. The summed E-state index contributed by atoms with van der Waals surface area (Å²) in [5.41, 5.74) is 3.87. The number of hydrogen-bond acceptors (Lipinski definition) is 5. The molecule has 0 bridgehead atoms. The molecular formula is C21H17N2NaO3S. The Balaban J connectivity index is 0.00000225. The molecule has 5 nitrogen and oxygen atoms in total. The molecule has 0 amide bonds. The van der Waals surface area contributed by atoms with E-state index >= 15 is 0 Å². The molecular weight excluding hydrogens is 383 g/mol. The number of anilines is 1. The molecule has 0 N–H and O–H groups in total. The Bertz CT molecular complexity index is 1070. The molecule has 0 saturated heterocycles. The van der Waals surface area contributed by atoms with Gasteiger partial charge >= 0.3 is 29.6 Å². The molecule has 1 aliphatic rings. The zero-order valence-electron chi connectivity index (χ0n) is 15.4. The maximum atomic E-state index is 11.2. The van der Waals surface area contributed by atoms with Crippen molar-refractivity contribution in [3.8, 4) is 0 Å². The van der Waals surface area contributed by atoms with E-state index in [9.17, 15) is 13.0 Å². The van der Waals surface area contributed by atoms with Crippen LogP contribution >= 0.6 is 0 Å². The number of hydrogen-bond donors (Lipinski definition) is 0. The van der Waals surface area contributed by atoms with Gasteiger partial charge in [-0.05, 0) is 35.4 Å². The zero-order valence-corrected chi connectivity index (χ0v) is 18.2. The van der Waals surface area contributed by atoms with Crippen LogP contribution < -0.4 is 34.6 Å². The summed E-state index contributed by atoms with van der Waals surface area (Å²) in [6.45, 7) is 0. The van der Waals surface area contributed by atoms with Gasteiger partial charge in [0.1, 0.15) is 10.1 Å². The van der Waals surface area contributed by atoms with Crippen molar-refractivity contribution < 1.29 is 42.5 Å². The van der Waals surface area contributed by atoms with Gasteiger partial charge in [0.2, 0.25) is 0 Å². The molecule has 0 saturated carbocycles. The van der Waals surface area contributed by atoms with Crippen molar-refractivity contribution in [1.29, 1.82) is 0 Å². The second-order valence-electron chi connectivity index (χ2n) is 6.34. The first-order chi connectivity index (χ1) is 13.0. The largest absolute Gasteiger partial charge is 1.00 e. The van der Waals surface area contributed by atoms with Crippen LogP contribution in [0.4, 0.5) is 5.69 Å². The van der Waals surface area contributed by atoms with Crippen LogP contribution in [0.5, 0.6) is 0 Å². The van der Waals surface area contributed by atoms with E-state index < -0.39 is 10.1 Å². The fourth-order valence-electron chi connectivity index (χ4n) is 3.25. The molecule has 3 aromatic carbocycles. The SMILES string of the molecule is O=S(=O)([O-])c1ccc(N2N=C(c3ccccc3)CC2c2ccccc2)cc1.[Na+]. The molecule has 28 heavy (non-hydrogen) atoms. The van der Waals surface area contributed by atoms with Crippen LogP contribution in [0.25, 0.3) is 0 Å². The van der Waals surface area contributed by atoms with Crippen LogP contribution in [0.2, 0.25) is 0 Å². The molecule has 3 aromatic rings. The first-order valence-electron chi connectivity index (χ1n) is 8.55. The van der Waals surface area contributed by atoms with Crippen molar-refractivity contribution >= 4 is 21.5 Å². The first-order valence-corrected chi connectivity index (χ1v) is 9.96. The van der Waals surface area contributed by atoms with Crippen LogP contribution in [0.15, 0.2) is 94.9 Å². The maximum absolute atomic E-state index is 11.2. The Kier molecular flexibility index (Phi) is 6.37. The van der Waals surface area contributed by atoms with Crippen LogP contribution in [-0.2, 0) is 10.1 Å². The van der Waals surface area contributed by atoms with Gasteiger partial charge in [-0.3, -0.25) is 5.01 Å². The predicted octanol–water partition coefficient (Wildman–Crippen LogP) is 0.950. The molecule has 1 heterocycles. The molecule has 1 aliphatic heterocycles. The molecule has 0 radical (unpaired) electrons. The summed E-state index contributed by atoms with van der Waals surface area (Å²) in [7, 11) is -4.47. The molecule has 0 spiro atoms. The smallest absolute Gasteiger partial charge is 0.744 e. The Morgan fingerprint density at radius 2 is 1.43 bits per heavy atom. The number of nitrogens with zero attached hydrogens (tertiary/aromatic N) is 2. The minimum Gasteiger partial charge on any atom is -0.744 e.